The molecule has 0 spiro atoms. The van der Waals surface area contributed by atoms with Crippen molar-refractivity contribution >= 4 is 22.6 Å². The number of nitrogens with one attached hydrogen (secondary N) is 1. The van der Waals surface area contributed by atoms with Crippen LogP contribution in [0.15, 0.2) is 36.4 Å². The first-order valence-corrected chi connectivity index (χ1v) is 8.07. The molecule has 118 valence electrons. The number of hydrogen-bond acceptors (Lipinski definition) is 3. The summed E-state index contributed by atoms with van der Waals surface area (Å²) >= 11 is 2.23. The van der Waals surface area contributed by atoms with Crippen LogP contribution in [-0.2, 0) is 13.0 Å². The van der Waals surface area contributed by atoms with Gasteiger partial charge in [-0.2, -0.15) is 0 Å². The second kappa shape index (κ2) is 8.33. The predicted molar refractivity (Wildman–Crippen MR) is 94.1 cm³/mol. The van der Waals surface area contributed by atoms with Gasteiger partial charge in [-0.3, -0.25) is 0 Å². The van der Waals surface area contributed by atoms with Crippen molar-refractivity contribution in [2.75, 3.05) is 20.8 Å². The average Bonchev–Trinajstić information content (AvgIpc) is 2.52. The van der Waals surface area contributed by atoms with Gasteiger partial charge in [-0.05, 0) is 70.9 Å². The maximum absolute atomic E-state index is 13.1. The van der Waals surface area contributed by atoms with Crippen molar-refractivity contribution in [3.8, 4) is 11.5 Å². The van der Waals surface area contributed by atoms with Crippen LogP contribution in [0.1, 0.15) is 11.1 Å². The van der Waals surface area contributed by atoms with Crippen LogP contribution in [0.25, 0.3) is 0 Å². The molecule has 3 nitrogen and oxygen atoms in total. The van der Waals surface area contributed by atoms with Gasteiger partial charge in [0.1, 0.15) is 17.3 Å². The van der Waals surface area contributed by atoms with Gasteiger partial charge >= 0.3 is 0 Å². The Kier molecular flexibility index (Phi) is 6.45. The Morgan fingerprint density at radius 1 is 1.09 bits per heavy atom. The normalized spacial score (nSPS) is 10.5. The lowest BCUT2D eigenvalue weighted by Gasteiger charge is -2.13. The van der Waals surface area contributed by atoms with Crippen molar-refractivity contribution in [3.05, 3.63) is 56.9 Å². The van der Waals surface area contributed by atoms with Crippen LogP contribution in [0.4, 0.5) is 4.39 Å². The van der Waals surface area contributed by atoms with Crippen molar-refractivity contribution in [2.24, 2.45) is 0 Å². The Balaban J connectivity index is 1.93. The first kappa shape index (κ1) is 17.0. The van der Waals surface area contributed by atoms with E-state index in [0.717, 1.165) is 39.2 Å². The highest BCUT2D eigenvalue weighted by molar-refractivity contribution is 14.1. The van der Waals surface area contributed by atoms with Gasteiger partial charge in [0.15, 0.2) is 0 Å². The van der Waals surface area contributed by atoms with Crippen molar-refractivity contribution in [2.45, 2.75) is 13.0 Å². The zero-order chi connectivity index (χ0) is 15.9. The van der Waals surface area contributed by atoms with Crippen molar-refractivity contribution in [1.82, 2.24) is 5.32 Å². The molecule has 0 aliphatic rings. The number of hydrogen-bond donors (Lipinski definition) is 1. The molecular weight excluding hydrogens is 396 g/mol. The fourth-order valence-electron chi connectivity index (χ4n) is 2.22. The van der Waals surface area contributed by atoms with Gasteiger partial charge < -0.3 is 14.8 Å². The van der Waals surface area contributed by atoms with Gasteiger partial charge in [0.25, 0.3) is 0 Å². The number of methoxy groups -OCH3 is 2. The van der Waals surface area contributed by atoms with Crippen molar-refractivity contribution < 1.29 is 13.9 Å². The van der Waals surface area contributed by atoms with Gasteiger partial charge in [0, 0.05) is 6.54 Å². The third-order valence-electron chi connectivity index (χ3n) is 3.34. The molecule has 0 aromatic heterocycles. The molecular formula is C17H19FINO2. The molecule has 0 fully saturated rings. The van der Waals surface area contributed by atoms with Crippen molar-refractivity contribution in [3.63, 3.8) is 0 Å². The van der Waals surface area contributed by atoms with Crippen LogP contribution in [0.3, 0.4) is 0 Å². The van der Waals surface area contributed by atoms with Crippen LogP contribution >= 0.6 is 22.6 Å². The van der Waals surface area contributed by atoms with E-state index >= 15 is 0 Å². The van der Waals surface area contributed by atoms with E-state index in [1.807, 2.05) is 18.2 Å². The second-order valence-electron chi connectivity index (χ2n) is 4.86. The Hall–Kier alpha value is -1.34. The zero-order valence-corrected chi connectivity index (χ0v) is 14.8. The lowest BCUT2D eigenvalue weighted by molar-refractivity contribution is 0.396. The predicted octanol–water partition coefficient (Wildman–Crippen LogP) is 3.78. The number of benzene rings is 2. The van der Waals surface area contributed by atoms with Crippen LogP contribution in [0.5, 0.6) is 11.5 Å². The van der Waals surface area contributed by atoms with E-state index in [0.29, 0.717) is 6.54 Å². The van der Waals surface area contributed by atoms with Gasteiger partial charge in [0.2, 0.25) is 0 Å². The maximum atomic E-state index is 13.1. The summed E-state index contributed by atoms with van der Waals surface area (Å²) in [5.74, 6) is 1.50. The molecule has 22 heavy (non-hydrogen) atoms. The molecule has 0 bridgehead atoms. The Bertz CT molecular complexity index is 634. The van der Waals surface area contributed by atoms with Crippen LogP contribution in [0.2, 0.25) is 0 Å². The molecule has 0 heterocycles. The van der Waals surface area contributed by atoms with Crippen molar-refractivity contribution in [1.29, 1.82) is 0 Å². The van der Waals surface area contributed by atoms with Gasteiger partial charge in [-0.25, -0.2) is 4.39 Å². The highest BCUT2D eigenvalue weighted by Gasteiger charge is 2.09. The van der Waals surface area contributed by atoms with Gasteiger partial charge in [-0.1, -0.05) is 12.1 Å². The number of halogens is 2. The third-order valence-corrected chi connectivity index (χ3v) is 4.19. The summed E-state index contributed by atoms with van der Waals surface area (Å²) in [4.78, 5) is 0. The minimum Gasteiger partial charge on any atom is -0.496 e. The molecule has 5 heteroatoms. The van der Waals surface area contributed by atoms with Crippen LogP contribution in [0, 0.1) is 9.39 Å². The van der Waals surface area contributed by atoms with Gasteiger partial charge in [0.05, 0.1) is 17.8 Å². The SMILES string of the molecule is COc1cc(CCNCc2cccc(F)c2)c(OC)cc1I. The summed E-state index contributed by atoms with van der Waals surface area (Å²) in [6.45, 7) is 1.41. The summed E-state index contributed by atoms with van der Waals surface area (Å²) in [5.41, 5.74) is 2.03. The first-order valence-electron chi connectivity index (χ1n) is 6.99. The monoisotopic (exact) mass is 415 g/mol. The quantitative estimate of drug-likeness (QED) is 0.552. The molecule has 0 unspecified atom stereocenters. The van der Waals surface area contributed by atoms with E-state index in [9.17, 15) is 4.39 Å². The lowest BCUT2D eigenvalue weighted by Crippen LogP contribution is -2.17. The summed E-state index contributed by atoms with van der Waals surface area (Å²) in [7, 11) is 3.33. The largest absolute Gasteiger partial charge is 0.496 e. The Labute approximate surface area is 144 Å². The molecule has 2 aromatic carbocycles. The number of rotatable bonds is 7. The molecule has 0 aliphatic carbocycles. The average molecular weight is 415 g/mol. The fraction of sp³-hybridized carbons (Fsp3) is 0.294. The molecule has 0 atom stereocenters. The molecule has 2 aromatic rings. The van der Waals surface area contributed by atoms with E-state index in [2.05, 4.69) is 27.9 Å². The summed E-state index contributed by atoms with van der Waals surface area (Å²) in [6.07, 6.45) is 0.811. The maximum Gasteiger partial charge on any atom is 0.132 e. The standard InChI is InChI=1S/C17H19FINO2/c1-21-16-10-15(19)17(22-2)9-13(16)6-7-20-11-12-4-3-5-14(18)8-12/h3-5,8-10,20H,6-7,11H2,1-2H3. The third kappa shape index (κ3) is 4.58. The first-order chi connectivity index (χ1) is 10.6. The Morgan fingerprint density at radius 3 is 2.55 bits per heavy atom. The van der Waals surface area contributed by atoms with E-state index in [4.69, 9.17) is 9.47 Å². The minimum atomic E-state index is -0.205. The fourth-order valence-corrected chi connectivity index (χ4v) is 2.88. The van der Waals surface area contributed by atoms with E-state index in [1.165, 1.54) is 6.07 Å². The molecule has 0 amide bonds. The van der Waals surface area contributed by atoms with Crippen LogP contribution < -0.4 is 14.8 Å². The Morgan fingerprint density at radius 2 is 1.86 bits per heavy atom. The summed E-state index contributed by atoms with van der Waals surface area (Å²) < 4.78 is 24.9. The smallest absolute Gasteiger partial charge is 0.132 e. The molecule has 0 saturated heterocycles. The summed E-state index contributed by atoms with van der Waals surface area (Å²) in [6, 6.07) is 10.6. The van der Waals surface area contributed by atoms with E-state index in [-0.39, 0.29) is 5.82 Å². The number of ether oxygens (including phenoxy) is 2. The lowest BCUT2D eigenvalue weighted by atomic mass is 10.1. The molecule has 0 saturated carbocycles. The molecule has 1 N–H and O–H groups in total. The zero-order valence-electron chi connectivity index (χ0n) is 12.7. The van der Waals surface area contributed by atoms with E-state index in [1.54, 1.807) is 26.4 Å². The molecule has 2 rings (SSSR count). The van der Waals surface area contributed by atoms with Gasteiger partial charge in [-0.15, -0.1) is 0 Å². The minimum absolute atomic E-state index is 0.205. The second-order valence-corrected chi connectivity index (χ2v) is 6.02. The van der Waals surface area contributed by atoms with Crippen LogP contribution in [-0.4, -0.2) is 20.8 Å². The topological polar surface area (TPSA) is 30.5 Å². The molecule has 0 radical (unpaired) electrons. The highest BCUT2D eigenvalue weighted by atomic mass is 127. The highest BCUT2D eigenvalue weighted by Crippen LogP contribution is 2.30. The molecule has 0 aliphatic heterocycles. The summed E-state index contributed by atoms with van der Waals surface area (Å²) in [5, 5.41) is 3.32. The van der Waals surface area contributed by atoms with E-state index < -0.39 is 0 Å².